The van der Waals surface area contributed by atoms with Gasteiger partial charge in [-0.05, 0) is 40.8 Å². The molecule has 0 unspecified atom stereocenters. The minimum Gasteiger partial charge on any atom is -0.489 e. The van der Waals surface area contributed by atoms with Crippen molar-refractivity contribution < 1.29 is 14.3 Å². The molecular formula is C21H15NO3S. The van der Waals surface area contributed by atoms with Crippen LogP contribution in [0.5, 0.6) is 5.75 Å². The third-order valence-electron chi connectivity index (χ3n) is 3.78. The summed E-state index contributed by atoms with van der Waals surface area (Å²) < 4.78 is 11.0. The Morgan fingerprint density at radius 1 is 1.00 bits per heavy atom. The summed E-state index contributed by atoms with van der Waals surface area (Å²) in [5.74, 6) is 0.699. The Morgan fingerprint density at radius 2 is 1.81 bits per heavy atom. The van der Waals surface area contributed by atoms with Crippen LogP contribution in [0.15, 0.2) is 82.8 Å². The van der Waals surface area contributed by atoms with Crippen molar-refractivity contribution in [1.29, 1.82) is 0 Å². The Kier molecular flexibility index (Phi) is 4.62. The van der Waals surface area contributed by atoms with E-state index in [9.17, 15) is 4.79 Å². The van der Waals surface area contributed by atoms with Gasteiger partial charge >= 0.3 is 5.97 Å². The summed E-state index contributed by atoms with van der Waals surface area (Å²) in [4.78, 5) is 17.1. The van der Waals surface area contributed by atoms with Gasteiger partial charge in [-0.25, -0.2) is 9.79 Å². The minimum absolute atomic E-state index is 0.298. The van der Waals surface area contributed by atoms with Crippen LogP contribution < -0.4 is 4.74 Å². The molecule has 0 N–H and O–H groups in total. The van der Waals surface area contributed by atoms with Crippen molar-refractivity contribution in [2.75, 3.05) is 0 Å². The van der Waals surface area contributed by atoms with Crippen LogP contribution in [0.3, 0.4) is 0 Å². The second kappa shape index (κ2) is 7.37. The fraction of sp³-hybridized carbons (Fsp3) is 0.0476. The molecule has 2 aromatic carbocycles. The molecule has 0 amide bonds. The van der Waals surface area contributed by atoms with Crippen LogP contribution in [0.4, 0.5) is 0 Å². The van der Waals surface area contributed by atoms with Crippen molar-refractivity contribution in [3.05, 3.63) is 93.8 Å². The highest BCUT2D eigenvalue weighted by Crippen LogP contribution is 2.22. The number of cyclic esters (lactones) is 1. The summed E-state index contributed by atoms with van der Waals surface area (Å²) >= 11 is 1.48. The normalized spacial score (nSPS) is 15.0. The second-order valence-corrected chi connectivity index (χ2v) is 6.60. The number of hydrogen-bond donors (Lipinski definition) is 0. The first-order chi connectivity index (χ1) is 12.8. The van der Waals surface area contributed by atoms with Gasteiger partial charge in [0, 0.05) is 0 Å². The maximum Gasteiger partial charge on any atom is 0.363 e. The van der Waals surface area contributed by atoms with E-state index in [4.69, 9.17) is 9.47 Å². The highest BCUT2D eigenvalue weighted by molar-refractivity contribution is 7.12. The van der Waals surface area contributed by atoms with E-state index in [1.165, 1.54) is 11.3 Å². The monoisotopic (exact) mass is 361 g/mol. The van der Waals surface area contributed by atoms with Gasteiger partial charge in [-0.3, -0.25) is 0 Å². The fourth-order valence-corrected chi connectivity index (χ4v) is 3.12. The summed E-state index contributed by atoms with van der Waals surface area (Å²) in [6.07, 6.45) is 1.71. The fourth-order valence-electron chi connectivity index (χ4n) is 2.47. The van der Waals surface area contributed by atoms with Crippen molar-refractivity contribution >= 4 is 29.3 Å². The molecule has 0 bridgehead atoms. The molecule has 0 saturated heterocycles. The molecular weight excluding hydrogens is 346 g/mol. The highest BCUT2D eigenvalue weighted by Gasteiger charge is 2.24. The van der Waals surface area contributed by atoms with E-state index in [2.05, 4.69) is 4.99 Å². The van der Waals surface area contributed by atoms with Crippen LogP contribution in [0.2, 0.25) is 0 Å². The van der Waals surface area contributed by atoms with E-state index in [0.717, 1.165) is 21.8 Å². The van der Waals surface area contributed by atoms with Crippen molar-refractivity contribution in [2.24, 2.45) is 4.99 Å². The zero-order valence-corrected chi connectivity index (χ0v) is 14.6. The largest absolute Gasteiger partial charge is 0.489 e. The quantitative estimate of drug-likeness (QED) is 0.490. The molecule has 4 rings (SSSR count). The van der Waals surface area contributed by atoms with Gasteiger partial charge in [0.15, 0.2) is 5.70 Å². The lowest BCUT2D eigenvalue weighted by atomic mass is 10.2. The Hall–Kier alpha value is -3.18. The number of hydrogen-bond acceptors (Lipinski definition) is 5. The van der Waals surface area contributed by atoms with Crippen molar-refractivity contribution in [1.82, 2.24) is 0 Å². The molecule has 3 aromatic rings. The average molecular weight is 361 g/mol. The lowest BCUT2D eigenvalue weighted by Gasteiger charge is -2.06. The van der Waals surface area contributed by atoms with Crippen molar-refractivity contribution in [3.8, 4) is 5.75 Å². The van der Waals surface area contributed by atoms with E-state index < -0.39 is 5.97 Å². The van der Waals surface area contributed by atoms with Gasteiger partial charge in [-0.15, -0.1) is 11.3 Å². The second-order valence-electron chi connectivity index (χ2n) is 5.66. The first-order valence-corrected chi connectivity index (χ1v) is 8.99. The molecule has 0 spiro atoms. The van der Waals surface area contributed by atoms with Crippen LogP contribution in [-0.2, 0) is 16.1 Å². The van der Waals surface area contributed by atoms with Crippen LogP contribution >= 0.6 is 11.3 Å². The first kappa shape index (κ1) is 16.3. The molecule has 1 aromatic heterocycles. The summed E-state index contributed by atoms with van der Waals surface area (Å²) in [6.45, 7) is 0.516. The third-order valence-corrected chi connectivity index (χ3v) is 4.64. The maximum atomic E-state index is 12.0. The van der Waals surface area contributed by atoms with E-state index >= 15 is 0 Å². The molecule has 0 saturated carbocycles. The molecule has 1 aliphatic heterocycles. The van der Waals surface area contributed by atoms with E-state index in [1.54, 1.807) is 6.08 Å². The number of thiophene rings is 1. The SMILES string of the molecule is O=C1OC(c2cccs2)=N/C1=C\c1ccc(OCc2ccccc2)cc1. The topological polar surface area (TPSA) is 47.9 Å². The van der Waals surface area contributed by atoms with Crippen molar-refractivity contribution in [2.45, 2.75) is 6.61 Å². The first-order valence-electron chi connectivity index (χ1n) is 8.11. The Balaban J connectivity index is 1.45. The van der Waals surface area contributed by atoms with Crippen molar-refractivity contribution in [3.63, 3.8) is 0 Å². The smallest absolute Gasteiger partial charge is 0.363 e. The number of rotatable bonds is 5. The standard InChI is InChI=1S/C21H15NO3S/c23-21-18(22-20(25-21)19-7-4-12-26-19)13-15-8-10-17(11-9-15)24-14-16-5-2-1-3-6-16/h1-13H,14H2/b18-13-. The number of esters is 1. The predicted molar refractivity (Wildman–Crippen MR) is 102 cm³/mol. The van der Waals surface area contributed by atoms with Gasteiger partial charge in [-0.2, -0.15) is 0 Å². The van der Waals surface area contributed by atoms with Crippen LogP contribution in [0.25, 0.3) is 6.08 Å². The molecule has 26 heavy (non-hydrogen) atoms. The summed E-state index contributed by atoms with van der Waals surface area (Å²) in [5, 5.41) is 1.92. The van der Waals surface area contributed by atoms with Gasteiger partial charge in [-0.1, -0.05) is 48.5 Å². The predicted octanol–water partition coefficient (Wildman–Crippen LogP) is 4.67. The molecule has 2 heterocycles. The van der Waals surface area contributed by atoms with E-state index in [-0.39, 0.29) is 0 Å². The number of ether oxygens (including phenoxy) is 2. The number of benzene rings is 2. The Bertz CT molecular complexity index is 958. The third kappa shape index (κ3) is 3.73. The number of aliphatic imine (C=N–C) groups is 1. The number of nitrogens with zero attached hydrogens (tertiary/aromatic N) is 1. The molecule has 128 valence electrons. The van der Waals surface area contributed by atoms with Gasteiger partial charge in [0.2, 0.25) is 5.90 Å². The summed E-state index contributed by atoms with van der Waals surface area (Å²) in [7, 11) is 0. The summed E-state index contributed by atoms with van der Waals surface area (Å²) in [5.41, 5.74) is 2.27. The highest BCUT2D eigenvalue weighted by atomic mass is 32.1. The zero-order valence-electron chi connectivity index (χ0n) is 13.8. The van der Waals surface area contributed by atoms with Crippen LogP contribution in [0, 0.1) is 0 Å². The Morgan fingerprint density at radius 3 is 2.54 bits per heavy atom. The average Bonchev–Trinajstić information content (AvgIpc) is 3.32. The number of carbonyl (C=O) groups is 1. The summed E-state index contributed by atoms with van der Waals surface area (Å²) in [6, 6.07) is 21.3. The van der Waals surface area contributed by atoms with Crippen LogP contribution in [-0.4, -0.2) is 11.9 Å². The molecule has 0 fully saturated rings. The van der Waals surface area contributed by atoms with Gasteiger partial charge in [0.1, 0.15) is 12.4 Å². The number of carbonyl (C=O) groups excluding carboxylic acids is 1. The molecule has 4 nitrogen and oxygen atoms in total. The lowest BCUT2D eigenvalue weighted by molar-refractivity contribution is -0.129. The molecule has 0 aliphatic carbocycles. The Labute approximate surface area is 155 Å². The molecule has 5 heteroatoms. The maximum absolute atomic E-state index is 12.0. The van der Waals surface area contributed by atoms with Gasteiger partial charge < -0.3 is 9.47 Å². The van der Waals surface area contributed by atoms with Crippen LogP contribution in [0.1, 0.15) is 16.0 Å². The lowest BCUT2D eigenvalue weighted by Crippen LogP contribution is -2.03. The van der Waals surface area contributed by atoms with Gasteiger partial charge in [0.25, 0.3) is 0 Å². The zero-order chi connectivity index (χ0) is 17.8. The van der Waals surface area contributed by atoms with Gasteiger partial charge in [0.05, 0.1) is 4.88 Å². The molecule has 1 aliphatic rings. The van der Waals surface area contributed by atoms with E-state index in [0.29, 0.717) is 18.2 Å². The molecule has 0 atom stereocenters. The molecule has 0 radical (unpaired) electrons. The minimum atomic E-state index is -0.433. The van der Waals surface area contributed by atoms with E-state index in [1.807, 2.05) is 72.1 Å².